The van der Waals surface area contributed by atoms with Crippen LogP contribution in [0.1, 0.15) is 12.0 Å². The molecule has 0 aromatic heterocycles. The zero-order chi connectivity index (χ0) is 19.1. The lowest BCUT2D eigenvalue weighted by molar-refractivity contribution is -0.144. The van der Waals surface area contributed by atoms with Crippen molar-refractivity contribution in [3.8, 4) is 5.75 Å². The highest BCUT2D eigenvalue weighted by molar-refractivity contribution is 7.84. The van der Waals surface area contributed by atoms with Crippen LogP contribution in [0.15, 0.2) is 72.8 Å². The third kappa shape index (κ3) is 5.83. The number of hydrogen-bond donors (Lipinski definition) is 1. The first-order chi connectivity index (χ1) is 13.0. The Labute approximate surface area is 162 Å². The maximum Gasteiger partial charge on any atom is 0.409 e. The minimum Gasteiger partial charge on any atom is -0.461 e. The lowest BCUT2D eigenvalue weighted by Gasteiger charge is -2.15. The lowest BCUT2D eigenvalue weighted by Crippen LogP contribution is -2.17. The van der Waals surface area contributed by atoms with Gasteiger partial charge in [-0.1, -0.05) is 66.7 Å². The van der Waals surface area contributed by atoms with Crippen LogP contribution in [0.25, 0.3) is 10.8 Å². The first-order valence-electron chi connectivity index (χ1n) is 8.45. The Morgan fingerprint density at radius 3 is 2.48 bits per heavy atom. The van der Waals surface area contributed by atoms with Crippen LogP contribution in [0.5, 0.6) is 5.75 Å². The number of ether oxygens (including phenoxy) is 1. The molecule has 0 fully saturated rings. The molecule has 3 aromatic rings. The van der Waals surface area contributed by atoms with Gasteiger partial charge in [0.05, 0.1) is 6.42 Å². The zero-order valence-electron chi connectivity index (χ0n) is 14.5. The van der Waals surface area contributed by atoms with Gasteiger partial charge >= 0.3 is 12.8 Å². The molecule has 1 atom stereocenters. The minimum absolute atomic E-state index is 0.0302. The molecule has 0 radical (unpaired) electrons. The molecule has 0 amide bonds. The van der Waals surface area contributed by atoms with Gasteiger partial charge in [0, 0.05) is 23.2 Å². The van der Waals surface area contributed by atoms with Crippen molar-refractivity contribution >= 4 is 34.9 Å². The quantitative estimate of drug-likeness (QED) is 0.409. The average Bonchev–Trinajstić information content (AvgIpc) is 2.67. The molecule has 7 heteroatoms. The molecule has 0 spiro atoms. The number of benzene rings is 3. The fourth-order valence-electron chi connectivity index (χ4n) is 2.54. The molecule has 27 heavy (non-hydrogen) atoms. The number of hydrogen-bond acceptors (Lipinski definition) is 4. The Kier molecular flexibility index (Phi) is 6.51. The van der Waals surface area contributed by atoms with Crippen molar-refractivity contribution in [3.05, 3.63) is 78.4 Å². The first kappa shape index (κ1) is 19.4. The second kappa shape index (κ2) is 9.05. The summed E-state index contributed by atoms with van der Waals surface area (Å²) in [5.74, 6) is 0.0127. The molecule has 0 saturated carbocycles. The molecule has 0 saturated heterocycles. The largest absolute Gasteiger partial charge is 0.461 e. The van der Waals surface area contributed by atoms with Crippen molar-refractivity contribution in [1.29, 1.82) is 0 Å². The monoisotopic (exact) mass is 403 g/mol. The van der Waals surface area contributed by atoms with Gasteiger partial charge in [-0.25, -0.2) is 9.65 Å². The third-order valence-corrected chi connectivity index (χ3v) is 5.44. The summed E-state index contributed by atoms with van der Waals surface area (Å²) in [6.45, 7) is -3.36. The summed E-state index contributed by atoms with van der Waals surface area (Å²) in [4.78, 5) is 11.8. The molecule has 1 unspecified atom stereocenters. The van der Waals surface area contributed by atoms with E-state index < -0.39 is 12.8 Å². The molecular formula is C20H19ClNO4P. The summed E-state index contributed by atoms with van der Waals surface area (Å²) in [5, 5.41) is 4.36. The third-order valence-electron chi connectivity index (χ3n) is 3.84. The zero-order valence-corrected chi connectivity index (χ0v) is 16.2. The van der Waals surface area contributed by atoms with Gasteiger partial charge in [-0.15, -0.1) is 0 Å². The first-order valence-corrected chi connectivity index (χ1v) is 11.0. The summed E-state index contributed by atoms with van der Waals surface area (Å²) in [5.41, 5.74) is 0.904. The molecule has 3 aromatic carbocycles. The predicted octanol–water partition coefficient (Wildman–Crippen LogP) is 5.29. The highest BCUT2D eigenvalue weighted by Gasteiger charge is 2.22. The maximum atomic E-state index is 12.5. The van der Waals surface area contributed by atoms with Crippen molar-refractivity contribution in [2.45, 2.75) is 13.0 Å². The van der Waals surface area contributed by atoms with E-state index in [1.807, 2.05) is 60.7 Å². The van der Waals surface area contributed by atoms with Crippen LogP contribution < -0.4 is 9.61 Å². The Balaban J connectivity index is 1.49. The van der Waals surface area contributed by atoms with E-state index in [0.29, 0.717) is 5.75 Å². The molecule has 0 bridgehead atoms. The van der Waals surface area contributed by atoms with E-state index in [1.165, 1.54) is 0 Å². The van der Waals surface area contributed by atoms with Crippen LogP contribution in [0.3, 0.4) is 0 Å². The van der Waals surface area contributed by atoms with Gasteiger partial charge in [0.2, 0.25) is 0 Å². The van der Waals surface area contributed by atoms with Gasteiger partial charge in [-0.3, -0.25) is 4.79 Å². The maximum absolute atomic E-state index is 12.5. The summed E-state index contributed by atoms with van der Waals surface area (Å²) in [6.07, 6.45) is 0.0302. The van der Waals surface area contributed by atoms with Crippen LogP contribution in [-0.4, -0.2) is 12.5 Å². The number of esters is 1. The lowest BCUT2D eigenvalue weighted by atomic mass is 10.1. The Bertz CT molecular complexity index is 959. The van der Waals surface area contributed by atoms with Gasteiger partial charge in [-0.2, -0.15) is 0 Å². The molecule has 5 nitrogen and oxygen atoms in total. The van der Waals surface area contributed by atoms with Gasteiger partial charge in [0.15, 0.2) is 0 Å². The van der Waals surface area contributed by atoms with E-state index in [2.05, 4.69) is 5.09 Å². The second-order valence-corrected chi connectivity index (χ2v) is 8.65. The van der Waals surface area contributed by atoms with Crippen molar-refractivity contribution in [3.63, 3.8) is 0 Å². The summed E-state index contributed by atoms with van der Waals surface area (Å²) in [6, 6.07) is 22.4. The van der Waals surface area contributed by atoms with Crippen molar-refractivity contribution in [1.82, 2.24) is 5.09 Å². The smallest absolute Gasteiger partial charge is 0.409 e. The highest BCUT2D eigenvalue weighted by Crippen LogP contribution is 2.49. The van der Waals surface area contributed by atoms with E-state index >= 15 is 0 Å². The topological polar surface area (TPSA) is 64.6 Å². The van der Waals surface area contributed by atoms with Crippen LogP contribution in [-0.2, 0) is 20.7 Å². The fourth-order valence-corrected chi connectivity index (χ4v) is 3.87. The van der Waals surface area contributed by atoms with Crippen LogP contribution in [0.4, 0.5) is 0 Å². The molecule has 140 valence electrons. The number of halogens is 1. The molecule has 0 aliphatic rings. The van der Waals surface area contributed by atoms with Crippen molar-refractivity contribution in [2.24, 2.45) is 0 Å². The Morgan fingerprint density at radius 1 is 0.963 bits per heavy atom. The van der Waals surface area contributed by atoms with Gasteiger partial charge in [0.1, 0.15) is 12.4 Å². The number of nitrogens with one attached hydrogen (secondary N) is 1. The summed E-state index contributed by atoms with van der Waals surface area (Å²) >= 11 is 6.00. The van der Waals surface area contributed by atoms with Crippen molar-refractivity contribution in [2.75, 3.05) is 6.54 Å². The van der Waals surface area contributed by atoms with Crippen LogP contribution in [0.2, 0.25) is 0 Å². The number of fused-ring (bicyclic) bond motifs is 1. The molecular weight excluding hydrogens is 385 g/mol. The van der Waals surface area contributed by atoms with Crippen molar-refractivity contribution < 1.29 is 18.6 Å². The van der Waals surface area contributed by atoms with E-state index in [4.69, 9.17) is 20.5 Å². The number of carbonyl (C=O) groups is 1. The minimum atomic E-state index is -3.64. The van der Waals surface area contributed by atoms with E-state index in [-0.39, 0.29) is 19.6 Å². The number of rotatable bonds is 8. The molecule has 1 N–H and O–H groups in total. The standard InChI is InChI=1S/C20H19ClNO4P/c21-27(24,26-19-12-6-10-17-9-4-5-11-18(17)19)22-14-13-20(23)25-15-16-7-2-1-3-8-16/h1-12H,13-15H2,(H,22,24). The van der Waals surface area contributed by atoms with E-state index in [1.54, 1.807) is 12.1 Å². The number of carbonyl (C=O) groups excluding carboxylic acids is 1. The molecule has 0 heterocycles. The second-order valence-electron chi connectivity index (χ2n) is 5.85. The van der Waals surface area contributed by atoms with Gasteiger partial charge in [-0.05, 0) is 17.0 Å². The van der Waals surface area contributed by atoms with E-state index in [0.717, 1.165) is 16.3 Å². The van der Waals surface area contributed by atoms with E-state index in [9.17, 15) is 9.36 Å². The highest BCUT2D eigenvalue weighted by atomic mass is 35.7. The summed E-state index contributed by atoms with van der Waals surface area (Å²) < 4.78 is 23.1. The van der Waals surface area contributed by atoms with Gasteiger partial charge in [0.25, 0.3) is 0 Å². The molecule has 3 rings (SSSR count). The predicted molar refractivity (Wildman–Crippen MR) is 107 cm³/mol. The average molecular weight is 404 g/mol. The van der Waals surface area contributed by atoms with Crippen LogP contribution in [0, 0.1) is 0 Å². The Morgan fingerprint density at radius 2 is 1.67 bits per heavy atom. The molecule has 0 aliphatic heterocycles. The SMILES string of the molecule is O=C(CCNP(=O)(Cl)Oc1cccc2ccccc12)OCc1ccccc1. The van der Waals surface area contributed by atoms with Crippen LogP contribution >= 0.6 is 18.1 Å². The summed E-state index contributed by atoms with van der Waals surface area (Å²) in [7, 11) is 0. The molecule has 0 aliphatic carbocycles. The Hall–Kier alpha value is -2.33. The van der Waals surface area contributed by atoms with Gasteiger partial charge < -0.3 is 9.26 Å². The normalized spacial score (nSPS) is 13.1. The fraction of sp³-hybridized carbons (Fsp3) is 0.150.